The summed E-state index contributed by atoms with van der Waals surface area (Å²) < 4.78 is 0. The van der Waals surface area contributed by atoms with E-state index in [2.05, 4.69) is 22.5 Å². The molecule has 7 heteroatoms. The molecule has 6 nitrogen and oxygen atoms in total. The number of nitrogens with one attached hydrogen (secondary N) is 2. The molecule has 4 unspecified atom stereocenters. The van der Waals surface area contributed by atoms with E-state index < -0.39 is 16.9 Å². The van der Waals surface area contributed by atoms with Crippen LogP contribution in [0, 0.1) is 5.92 Å². The van der Waals surface area contributed by atoms with Gasteiger partial charge in [0.25, 0.3) is 5.91 Å². The van der Waals surface area contributed by atoms with Crippen molar-refractivity contribution < 1.29 is 14.4 Å². The average Bonchev–Trinajstić information content (AvgIpc) is 3.62. The number of para-hydroxylation sites is 2. The molecule has 3 aromatic carbocycles. The molecule has 2 fully saturated rings. The minimum atomic E-state index is -1.45. The monoisotopic (exact) mass is 511 g/mol. The zero-order chi connectivity index (χ0) is 25.5. The molecule has 4 aliphatic heterocycles. The van der Waals surface area contributed by atoms with Gasteiger partial charge in [0.05, 0.1) is 10.9 Å². The number of carbonyl (C=O) groups is 3. The van der Waals surface area contributed by atoms with Gasteiger partial charge in [0.1, 0.15) is 11.0 Å². The van der Waals surface area contributed by atoms with Crippen LogP contribution in [0.3, 0.4) is 0 Å². The standard InChI is InChI=1S/C30H26ClN3O3/c1-2-17-9-7-12-20-25(17)33-28(37)30(20)29(19-11-4-6-14-22(19)32-27(29)36)24(23-15-8-16-34(23)30)26(35)18-10-3-5-13-21(18)31/h3-7,9-14,23-24H,2,8,15-16H2,1H3,(H,32,36)(H,33,37). The van der Waals surface area contributed by atoms with E-state index in [1.807, 2.05) is 42.5 Å². The summed E-state index contributed by atoms with van der Waals surface area (Å²) >= 11 is 6.56. The highest BCUT2D eigenvalue weighted by molar-refractivity contribution is 6.34. The zero-order valence-corrected chi connectivity index (χ0v) is 21.1. The lowest BCUT2D eigenvalue weighted by Crippen LogP contribution is -2.62. The number of amides is 2. The van der Waals surface area contributed by atoms with Crippen LogP contribution in [0.25, 0.3) is 0 Å². The predicted molar refractivity (Wildman–Crippen MR) is 142 cm³/mol. The quantitative estimate of drug-likeness (QED) is 0.489. The Morgan fingerprint density at radius 1 is 0.973 bits per heavy atom. The summed E-state index contributed by atoms with van der Waals surface area (Å²) in [6, 6.07) is 20.1. The number of rotatable bonds is 3. The van der Waals surface area contributed by atoms with Crippen molar-refractivity contribution >= 4 is 40.6 Å². The Balaban J connectivity index is 1.61. The van der Waals surface area contributed by atoms with E-state index in [-0.39, 0.29) is 23.6 Å². The number of carbonyl (C=O) groups excluding carboxylic acids is 3. The lowest BCUT2D eigenvalue weighted by Gasteiger charge is -2.43. The van der Waals surface area contributed by atoms with Gasteiger partial charge in [0, 0.05) is 28.5 Å². The molecule has 0 bridgehead atoms. The number of anilines is 2. The normalized spacial score (nSPS) is 29.4. The molecule has 0 aliphatic carbocycles. The van der Waals surface area contributed by atoms with Crippen LogP contribution < -0.4 is 10.6 Å². The number of benzene rings is 3. The van der Waals surface area contributed by atoms with E-state index in [1.165, 1.54) is 0 Å². The first-order valence-electron chi connectivity index (χ1n) is 12.9. The molecule has 0 radical (unpaired) electrons. The molecule has 2 amide bonds. The molecule has 0 aromatic heterocycles. The fraction of sp³-hybridized carbons (Fsp3) is 0.300. The maximum atomic E-state index is 14.6. The van der Waals surface area contributed by atoms with Gasteiger partial charge in [-0.2, -0.15) is 0 Å². The largest absolute Gasteiger partial charge is 0.325 e. The maximum absolute atomic E-state index is 14.6. The van der Waals surface area contributed by atoms with Crippen LogP contribution in [0.1, 0.15) is 46.8 Å². The van der Waals surface area contributed by atoms with Gasteiger partial charge in [-0.15, -0.1) is 0 Å². The van der Waals surface area contributed by atoms with Crippen LogP contribution in [-0.4, -0.2) is 35.1 Å². The predicted octanol–water partition coefficient (Wildman–Crippen LogP) is 4.92. The van der Waals surface area contributed by atoms with Crippen molar-refractivity contribution in [3.63, 3.8) is 0 Å². The zero-order valence-electron chi connectivity index (χ0n) is 20.4. The number of halogens is 1. The third-order valence-corrected chi connectivity index (χ3v) is 9.35. The molecule has 186 valence electrons. The van der Waals surface area contributed by atoms with Gasteiger partial charge in [0.2, 0.25) is 5.91 Å². The number of aryl methyl sites for hydroxylation is 1. The van der Waals surface area contributed by atoms with Crippen LogP contribution in [0.5, 0.6) is 0 Å². The van der Waals surface area contributed by atoms with Crippen molar-refractivity contribution in [2.75, 3.05) is 17.2 Å². The minimum absolute atomic E-state index is 0.195. The van der Waals surface area contributed by atoms with Crippen molar-refractivity contribution in [2.45, 2.75) is 43.2 Å². The van der Waals surface area contributed by atoms with E-state index in [9.17, 15) is 14.4 Å². The minimum Gasteiger partial charge on any atom is -0.325 e. The molecule has 0 saturated carbocycles. The van der Waals surface area contributed by atoms with Gasteiger partial charge in [-0.05, 0) is 55.1 Å². The number of fused-ring (bicyclic) bond motifs is 7. The highest BCUT2D eigenvalue weighted by Gasteiger charge is 2.81. The topological polar surface area (TPSA) is 78.5 Å². The molecule has 37 heavy (non-hydrogen) atoms. The molecule has 7 rings (SSSR count). The Morgan fingerprint density at radius 3 is 2.54 bits per heavy atom. The van der Waals surface area contributed by atoms with Crippen molar-refractivity contribution in [2.24, 2.45) is 5.92 Å². The van der Waals surface area contributed by atoms with Gasteiger partial charge in [-0.3, -0.25) is 19.3 Å². The first-order valence-corrected chi connectivity index (χ1v) is 13.3. The Kier molecular flexibility index (Phi) is 4.76. The van der Waals surface area contributed by atoms with Crippen LogP contribution in [0.4, 0.5) is 11.4 Å². The fourth-order valence-electron chi connectivity index (χ4n) is 7.79. The Hall–Kier alpha value is -3.48. The summed E-state index contributed by atoms with van der Waals surface area (Å²) in [4.78, 5) is 45.7. The second-order valence-corrected chi connectivity index (χ2v) is 10.8. The fourth-order valence-corrected chi connectivity index (χ4v) is 8.02. The Morgan fingerprint density at radius 2 is 1.73 bits per heavy atom. The molecule has 4 atom stereocenters. The SMILES string of the molecule is CCc1cccc2c1NC(=O)C21N2CCCC2C(C(=O)c2ccccc2Cl)C12C(=O)Nc1ccccc12. The lowest BCUT2D eigenvalue weighted by atomic mass is 9.57. The first-order chi connectivity index (χ1) is 18.0. The average molecular weight is 512 g/mol. The van der Waals surface area contributed by atoms with E-state index >= 15 is 0 Å². The molecule has 3 aromatic rings. The van der Waals surface area contributed by atoms with Gasteiger partial charge in [-0.1, -0.05) is 67.1 Å². The molecule has 2 spiro atoms. The number of hydrogen-bond donors (Lipinski definition) is 2. The van der Waals surface area contributed by atoms with E-state index in [0.29, 0.717) is 28.4 Å². The second-order valence-electron chi connectivity index (χ2n) is 10.4. The molecule has 4 heterocycles. The molecule has 4 aliphatic rings. The van der Waals surface area contributed by atoms with Gasteiger partial charge >= 0.3 is 0 Å². The summed E-state index contributed by atoms with van der Waals surface area (Å²) in [5.41, 5.74) is 1.49. The summed E-state index contributed by atoms with van der Waals surface area (Å²) in [5.74, 6) is -1.53. The second kappa shape index (κ2) is 7.76. The summed E-state index contributed by atoms with van der Waals surface area (Å²) in [6.45, 7) is 2.68. The smallest absolute Gasteiger partial charge is 0.251 e. The molecular weight excluding hydrogens is 486 g/mol. The number of nitrogens with zero attached hydrogens (tertiary/aromatic N) is 1. The summed E-state index contributed by atoms with van der Waals surface area (Å²) in [6.07, 6.45) is 2.30. The third kappa shape index (κ3) is 2.53. The molecular formula is C30H26ClN3O3. The third-order valence-electron chi connectivity index (χ3n) is 9.02. The van der Waals surface area contributed by atoms with Crippen LogP contribution in [0.2, 0.25) is 5.02 Å². The number of Topliss-reactive ketones (excluding diaryl/α,β-unsaturated/α-hetero) is 1. The highest BCUT2D eigenvalue weighted by Crippen LogP contribution is 2.68. The van der Waals surface area contributed by atoms with Crippen molar-refractivity contribution in [1.29, 1.82) is 0 Å². The van der Waals surface area contributed by atoms with Crippen molar-refractivity contribution in [1.82, 2.24) is 4.90 Å². The van der Waals surface area contributed by atoms with Gasteiger partial charge in [0.15, 0.2) is 5.78 Å². The van der Waals surface area contributed by atoms with E-state index in [0.717, 1.165) is 36.1 Å². The number of ketones is 1. The first kappa shape index (κ1) is 22.7. The summed E-state index contributed by atoms with van der Waals surface area (Å²) in [5, 5.41) is 6.60. The van der Waals surface area contributed by atoms with Gasteiger partial charge in [-0.25, -0.2) is 0 Å². The van der Waals surface area contributed by atoms with Gasteiger partial charge < -0.3 is 10.6 Å². The maximum Gasteiger partial charge on any atom is 0.251 e. The van der Waals surface area contributed by atoms with Crippen LogP contribution in [-0.2, 0) is 27.0 Å². The van der Waals surface area contributed by atoms with E-state index in [1.54, 1.807) is 24.3 Å². The van der Waals surface area contributed by atoms with E-state index in [4.69, 9.17) is 11.6 Å². The van der Waals surface area contributed by atoms with Crippen molar-refractivity contribution in [3.05, 3.63) is 94.0 Å². The molecule has 2 N–H and O–H groups in total. The molecule has 2 saturated heterocycles. The van der Waals surface area contributed by atoms with Crippen LogP contribution in [0.15, 0.2) is 66.7 Å². The highest BCUT2D eigenvalue weighted by atomic mass is 35.5. The number of hydrogen-bond acceptors (Lipinski definition) is 4. The van der Waals surface area contributed by atoms with Crippen LogP contribution >= 0.6 is 11.6 Å². The van der Waals surface area contributed by atoms with Crippen molar-refractivity contribution in [3.8, 4) is 0 Å². The Bertz CT molecular complexity index is 1520. The Labute approximate surface area is 220 Å². The summed E-state index contributed by atoms with van der Waals surface area (Å²) in [7, 11) is 0. The lowest BCUT2D eigenvalue weighted by molar-refractivity contribution is -0.137.